The average molecular weight is 531 g/mol. The SMILES string of the molecule is CCCCCCCCCSc1ncc(-c2ccc(S[C@H](C)C(=O)OCCCCCCCC)cc2)cn1. The van der Waals surface area contributed by atoms with E-state index in [-0.39, 0.29) is 11.2 Å². The summed E-state index contributed by atoms with van der Waals surface area (Å²) in [5, 5.41) is 0.636. The van der Waals surface area contributed by atoms with Crippen molar-refractivity contribution in [2.45, 2.75) is 120 Å². The van der Waals surface area contributed by atoms with Crippen LogP contribution in [0.4, 0.5) is 0 Å². The lowest BCUT2D eigenvalue weighted by Gasteiger charge is -2.12. The van der Waals surface area contributed by atoms with Gasteiger partial charge in [0.05, 0.1) is 6.61 Å². The summed E-state index contributed by atoms with van der Waals surface area (Å²) in [7, 11) is 0. The summed E-state index contributed by atoms with van der Waals surface area (Å²) in [5.41, 5.74) is 2.10. The Morgan fingerprint density at radius 1 is 0.778 bits per heavy atom. The summed E-state index contributed by atoms with van der Waals surface area (Å²) in [6, 6.07) is 8.25. The van der Waals surface area contributed by atoms with Gasteiger partial charge in [-0.2, -0.15) is 0 Å². The quantitative estimate of drug-likeness (QED) is 0.0735. The molecule has 0 N–H and O–H groups in total. The molecule has 36 heavy (non-hydrogen) atoms. The van der Waals surface area contributed by atoms with E-state index in [1.54, 1.807) is 23.5 Å². The normalized spacial score (nSPS) is 12.0. The van der Waals surface area contributed by atoms with Crippen molar-refractivity contribution < 1.29 is 9.53 Å². The van der Waals surface area contributed by atoms with Crippen molar-refractivity contribution in [1.82, 2.24) is 9.97 Å². The van der Waals surface area contributed by atoms with Gasteiger partial charge in [-0.25, -0.2) is 9.97 Å². The topological polar surface area (TPSA) is 52.1 Å². The molecule has 0 spiro atoms. The van der Waals surface area contributed by atoms with Crippen molar-refractivity contribution in [3.63, 3.8) is 0 Å². The largest absolute Gasteiger partial charge is 0.465 e. The Bertz CT molecular complexity index is 828. The number of unbranched alkanes of at least 4 members (excludes halogenated alkanes) is 11. The predicted molar refractivity (Wildman–Crippen MR) is 156 cm³/mol. The van der Waals surface area contributed by atoms with Gasteiger partial charge in [-0.15, -0.1) is 11.8 Å². The highest BCUT2D eigenvalue weighted by atomic mass is 32.2. The van der Waals surface area contributed by atoms with Gasteiger partial charge in [0.1, 0.15) is 5.25 Å². The van der Waals surface area contributed by atoms with E-state index >= 15 is 0 Å². The summed E-state index contributed by atoms with van der Waals surface area (Å²) < 4.78 is 5.47. The number of esters is 1. The van der Waals surface area contributed by atoms with Gasteiger partial charge in [0.25, 0.3) is 0 Å². The minimum Gasteiger partial charge on any atom is -0.465 e. The second-order valence-electron chi connectivity index (χ2n) is 9.44. The summed E-state index contributed by atoms with van der Waals surface area (Å²) in [6.07, 6.45) is 20.2. The highest BCUT2D eigenvalue weighted by Gasteiger charge is 2.16. The number of thioether (sulfide) groups is 2. The minimum atomic E-state index is -0.216. The lowest BCUT2D eigenvalue weighted by Crippen LogP contribution is -2.17. The first-order chi connectivity index (χ1) is 17.6. The van der Waals surface area contributed by atoms with Crippen LogP contribution in [-0.4, -0.2) is 33.5 Å². The van der Waals surface area contributed by atoms with Crippen LogP contribution in [0.25, 0.3) is 11.1 Å². The van der Waals surface area contributed by atoms with Crippen LogP contribution in [0, 0.1) is 0 Å². The lowest BCUT2D eigenvalue weighted by molar-refractivity contribution is -0.142. The number of hydrogen-bond acceptors (Lipinski definition) is 6. The van der Waals surface area contributed by atoms with Crippen LogP contribution in [0.1, 0.15) is 104 Å². The van der Waals surface area contributed by atoms with Crippen molar-refractivity contribution >= 4 is 29.5 Å². The molecule has 0 fully saturated rings. The van der Waals surface area contributed by atoms with E-state index in [4.69, 9.17) is 4.74 Å². The average Bonchev–Trinajstić information content (AvgIpc) is 2.90. The van der Waals surface area contributed by atoms with E-state index in [2.05, 4.69) is 48.1 Å². The molecule has 0 saturated carbocycles. The molecular formula is C30H46N2O2S2. The summed E-state index contributed by atoms with van der Waals surface area (Å²) >= 11 is 3.29. The standard InChI is InChI=1S/C30H46N2O2S2/c1-4-6-8-10-12-14-16-22-35-30-31-23-27(24-32-30)26-17-19-28(20-18-26)36-25(3)29(33)34-21-15-13-11-9-7-5-2/h17-20,23-25H,4-16,21-22H2,1-3H3/t25-/m1/s1. The molecule has 4 nitrogen and oxygen atoms in total. The zero-order chi connectivity index (χ0) is 25.8. The third-order valence-electron chi connectivity index (χ3n) is 6.18. The van der Waals surface area contributed by atoms with Crippen LogP contribution >= 0.6 is 23.5 Å². The highest BCUT2D eigenvalue weighted by molar-refractivity contribution is 8.00. The number of aromatic nitrogens is 2. The molecule has 1 aromatic carbocycles. The zero-order valence-electron chi connectivity index (χ0n) is 22.7. The zero-order valence-corrected chi connectivity index (χ0v) is 24.3. The summed E-state index contributed by atoms with van der Waals surface area (Å²) in [4.78, 5) is 22.5. The van der Waals surface area contributed by atoms with E-state index in [0.717, 1.165) is 39.8 Å². The molecule has 0 saturated heterocycles. The molecule has 0 radical (unpaired) electrons. The van der Waals surface area contributed by atoms with Gasteiger partial charge < -0.3 is 4.74 Å². The van der Waals surface area contributed by atoms with Gasteiger partial charge in [0.15, 0.2) is 5.16 Å². The fourth-order valence-electron chi connectivity index (χ4n) is 3.91. The fourth-order valence-corrected chi connectivity index (χ4v) is 5.56. The first-order valence-electron chi connectivity index (χ1n) is 14.0. The predicted octanol–water partition coefficient (Wildman–Crippen LogP) is 9.37. The molecule has 0 aliphatic rings. The second-order valence-corrected chi connectivity index (χ2v) is 11.9. The van der Waals surface area contributed by atoms with Gasteiger partial charge in [-0.05, 0) is 37.5 Å². The summed E-state index contributed by atoms with van der Waals surface area (Å²) in [5.74, 6) is 0.953. The van der Waals surface area contributed by atoms with Crippen molar-refractivity contribution in [3.8, 4) is 11.1 Å². The van der Waals surface area contributed by atoms with Gasteiger partial charge in [-0.1, -0.05) is 108 Å². The highest BCUT2D eigenvalue weighted by Crippen LogP contribution is 2.27. The Morgan fingerprint density at radius 2 is 1.33 bits per heavy atom. The van der Waals surface area contributed by atoms with Gasteiger partial charge in [0.2, 0.25) is 0 Å². The number of ether oxygens (including phenoxy) is 1. The third kappa shape index (κ3) is 13.1. The Morgan fingerprint density at radius 3 is 1.94 bits per heavy atom. The summed E-state index contributed by atoms with van der Waals surface area (Å²) in [6.45, 7) is 6.93. The van der Waals surface area contributed by atoms with Crippen LogP contribution in [0.5, 0.6) is 0 Å². The monoisotopic (exact) mass is 530 g/mol. The maximum absolute atomic E-state index is 12.3. The van der Waals surface area contributed by atoms with Gasteiger partial charge in [-0.3, -0.25) is 4.79 Å². The van der Waals surface area contributed by atoms with Crippen LogP contribution in [-0.2, 0) is 9.53 Å². The smallest absolute Gasteiger partial charge is 0.319 e. The van der Waals surface area contributed by atoms with E-state index in [9.17, 15) is 4.79 Å². The fraction of sp³-hybridized carbons (Fsp3) is 0.633. The number of benzene rings is 1. The van der Waals surface area contributed by atoms with E-state index < -0.39 is 0 Å². The molecule has 1 atom stereocenters. The number of carbonyl (C=O) groups excluding carboxylic acids is 1. The number of nitrogens with zero attached hydrogens (tertiary/aromatic N) is 2. The molecule has 0 unspecified atom stereocenters. The second kappa shape index (κ2) is 19.6. The molecule has 2 aromatic rings. The molecule has 1 heterocycles. The van der Waals surface area contributed by atoms with Gasteiger partial charge >= 0.3 is 5.97 Å². The van der Waals surface area contributed by atoms with Crippen molar-refractivity contribution in [2.75, 3.05) is 12.4 Å². The first-order valence-corrected chi connectivity index (χ1v) is 15.9. The molecule has 2 rings (SSSR count). The van der Waals surface area contributed by atoms with E-state index in [1.165, 1.54) is 70.6 Å². The van der Waals surface area contributed by atoms with Crippen LogP contribution in [0.15, 0.2) is 46.7 Å². The molecular weight excluding hydrogens is 484 g/mol. The van der Waals surface area contributed by atoms with Crippen molar-refractivity contribution in [2.24, 2.45) is 0 Å². The van der Waals surface area contributed by atoms with Crippen LogP contribution in [0.2, 0.25) is 0 Å². The Kier molecular flexibility index (Phi) is 16.7. The Balaban J connectivity index is 1.67. The van der Waals surface area contributed by atoms with E-state index in [1.807, 2.05) is 19.3 Å². The number of rotatable bonds is 20. The molecule has 0 aliphatic carbocycles. The van der Waals surface area contributed by atoms with Crippen molar-refractivity contribution in [1.29, 1.82) is 0 Å². The Hall–Kier alpha value is -1.53. The van der Waals surface area contributed by atoms with E-state index in [0.29, 0.717) is 6.61 Å². The maximum atomic E-state index is 12.3. The molecule has 6 heteroatoms. The first kappa shape index (κ1) is 30.7. The number of hydrogen-bond donors (Lipinski definition) is 0. The van der Waals surface area contributed by atoms with Gasteiger partial charge in [0, 0.05) is 28.6 Å². The minimum absolute atomic E-state index is 0.129. The molecule has 200 valence electrons. The maximum Gasteiger partial charge on any atom is 0.319 e. The molecule has 0 aliphatic heterocycles. The molecule has 1 aromatic heterocycles. The van der Waals surface area contributed by atoms with Crippen LogP contribution < -0.4 is 0 Å². The Labute approximate surface area is 228 Å². The lowest BCUT2D eigenvalue weighted by atomic mass is 10.1. The number of carbonyl (C=O) groups is 1. The molecule has 0 amide bonds. The third-order valence-corrected chi connectivity index (χ3v) is 8.23. The molecule has 0 bridgehead atoms. The van der Waals surface area contributed by atoms with Crippen molar-refractivity contribution in [3.05, 3.63) is 36.7 Å². The van der Waals surface area contributed by atoms with Crippen LogP contribution in [0.3, 0.4) is 0 Å².